The van der Waals surface area contributed by atoms with E-state index in [0.717, 1.165) is 16.7 Å². The zero-order valence-corrected chi connectivity index (χ0v) is 17.1. The summed E-state index contributed by atoms with van der Waals surface area (Å²) >= 11 is 1.44. The van der Waals surface area contributed by atoms with E-state index in [0.29, 0.717) is 17.0 Å². The largest absolute Gasteiger partial charge is 0.347 e. The summed E-state index contributed by atoms with van der Waals surface area (Å²) in [6.45, 7) is 4.38. The van der Waals surface area contributed by atoms with Crippen molar-refractivity contribution < 1.29 is 9.59 Å². The van der Waals surface area contributed by atoms with Crippen molar-refractivity contribution in [2.24, 2.45) is 0 Å². The fourth-order valence-corrected chi connectivity index (χ4v) is 3.63. The first kappa shape index (κ1) is 19.8. The molecule has 144 valence electrons. The third-order valence-corrected chi connectivity index (χ3v) is 5.62. The van der Waals surface area contributed by atoms with Gasteiger partial charge in [-0.05, 0) is 48.6 Å². The van der Waals surface area contributed by atoms with Gasteiger partial charge in [-0.2, -0.15) is 0 Å². The van der Waals surface area contributed by atoms with Crippen LogP contribution in [0.25, 0.3) is 11.1 Å². The number of thiophene rings is 1. The van der Waals surface area contributed by atoms with Crippen LogP contribution in [0.1, 0.15) is 39.4 Å². The molecule has 0 atom stereocenters. The lowest BCUT2D eigenvalue weighted by Crippen LogP contribution is -2.32. The molecule has 1 N–H and O–H groups in total. The number of hydrogen-bond donors (Lipinski definition) is 1. The minimum atomic E-state index is -0.0893. The molecule has 0 unspecified atom stereocenters. The van der Waals surface area contributed by atoms with Crippen molar-refractivity contribution in [2.45, 2.75) is 26.4 Å². The van der Waals surface area contributed by atoms with Gasteiger partial charge < -0.3 is 10.2 Å². The molecule has 1 aromatic heterocycles. The second-order valence-corrected chi connectivity index (χ2v) is 7.83. The van der Waals surface area contributed by atoms with Gasteiger partial charge in [0.05, 0.1) is 4.88 Å². The predicted octanol–water partition coefficient (Wildman–Crippen LogP) is 4.83. The fourth-order valence-electron chi connectivity index (χ4n) is 2.80. The molecule has 0 saturated carbocycles. The van der Waals surface area contributed by atoms with Gasteiger partial charge >= 0.3 is 0 Å². The first-order valence-corrected chi connectivity index (χ1v) is 10.1. The molecule has 1 heterocycles. The van der Waals surface area contributed by atoms with Gasteiger partial charge in [0.15, 0.2) is 0 Å². The standard InChI is InChI=1S/C23H24N2O2S/c1-16(2)25(3)23(27)19-11-9-17(10-12-19)15-24-22(26)21-20(13-14-28-21)18-7-5-4-6-8-18/h4-14,16H,15H2,1-3H3,(H,24,26). The van der Waals surface area contributed by atoms with E-state index in [1.165, 1.54) is 11.3 Å². The van der Waals surface area contributed by atoms with Gasteiger partial charge in [0, 0.05) is 30.8 Å². The Morgan fingerprint density at radius 3 is 2.32 bits per heavy atom. The van der Waals surface area contributed by atoms with Gasteiger partial charge in [-0.25, -0.2) is 0 Å². The van der Waals surface area contributed by atoms with Crippen molar-refractivity contribution in [2.75, 3.05) is 7.05 Å². The molecule has 3 rings (SSSR count). The Kier molecular flexibility index (Phi) is 6.26. The molecule has 5 heteroatoms. The van der Waals surface area contributed by atoms with E-state index in [1.807, 2.05) is 79.9 Å². The summed E-state index contributed by atoms with van der Waals surface area (Å²) in [7, 11) is 1.80. The molecule has 0 fully saturated rings. The molecular formula is C23H24N2O2S. The van der Waals surface area contributed by atoms with Crippen LogP contribution < -0.4 is 5.32 Å². The Morgan fingerprint density at radius 2 is 1.68 bits per heavy atom. The highest BCUT2D eigenvalue weighted by Crippen LogP contribution is 2.28. The first-order chi connectivity index (χ1) is 13.5. The van der Waals surface area contributed by atoms with Crippen LogP contribution in [0, 0.1) is 0 Å². The Labute approximate surface area is 169 Å². The average Bonchev–Trinajstić information content (AvgIpc) is 3.22. The maximum absolute atomic E-state index is 12.7. The number of carbonyl (C=O) groups is 2. The van der Waals surface area contributed by atoms with Crippen LogP contribution in [0.15, 0.2) is 66.0 Å². The van der Waals surface area contributed by atoms with Crippen LogP contribution in [0.3, 0.4) is 0 Å². The SMILES string of the molecule is CC(C)N(C)C(=O)c1ccc(CNC(=O)c2sccc2-c2ccccc2)cc1. The monoisotopic (exact) mass is 392 g/mol. The number of nitrogens with zero attached hydrogens (tertiary/aromatic N) is 1. The lowest BCUT2D eigenvalue weighted by molar-refractivity contribution is 0.0754. The summed E-state index contributed by atoms with van der Waals surface area (Å²) in [4.78, 5) is 27.4. The van der Waals surface area contributed by atoms with Crippen molar-refractivity contribution in [3.05, 3.63) is 82.0 Å². The number of benzene rings is 2. The summed E-state index contributed by atoms with van der Waals surface area (Å²) in [6.07, 6.45) is 0. The summed E-state index contributed by atoms with van der Waals surface area (Å²) in [5.41, 5.74) is 3.58. The lowest BCUT2D eigenvalue weighted by Gasteiger charge is -2.21. The topological polar surface area (TPSA) is 49.4 Å². The molecule has 0 aliphatic carbocycles. The van der Waals surface area contributed by atoms with Gasteiger partial charge in [-0.3, -0.25) is 9.59 Å². The first-order valence-electron chi connectivity index (χ1n) is 9.24. The fraction of sp³-hybridized carbons (Fsp3) is 0.217. The van der Waals surface area contributed by atoms with Gasteiger partial charge in [-0.1, -0.05) is 42.5 Å². The summed E-state index contributed by atoms with van der Waals surface area (Å²) < 4.78 is 0. The van der Waals surface area contributed by atoms with Crippen molar-refractivity contribution in [1.82, 2.24) is 10.2 Å². The minimum absolute atomic E-state index is 0.00308. The molecule has 0 radical (unpaired) electrons. The molecule has 0 aliphatic heterocycles. The summed E-state index contributed by atoms with van der Waals surface area (Å²) in [6, 6.07) is 19.4. The molecule has 0 bridgehead atoms. The van der Waals surface area contributed by atoms with E-state index < -0.39 is 0 Å². The molecule has 2 aromatic carbocycles. The van der Waals surface area contributed by atoms with Crippen LogP contribution in [0.4, 0.5) is 0 Å². The molecule has 4 nitrogen and oxygen atoms in total. The van der Waals surface area contributed by atoms with E-state index >= 15 is 0 Å². The molecule has 3 aromatic rings. The highest BCUT2D eigenvalue weighted by Gasteiger charge is 2.16. The van der Waals surface area contributed by atoms with Gasteiger partial charge in [0.25, 0.3) is 11.8 Å². The highest BCUT2D eigenvalue weighted by molar-refractivity contribution is 7.12. The Morgan fingerprint density at radius 1 is 1.00 bits per heavy atom. The highest BCUT2D eigenvalue weighted by atomic mass is 32.1. The third-order valence-electron chi connectivity index (χ3n) is 4.71. The van der Waals surface area contributed by atoms with Crippen molar-refractivity contribution in [3.8, 4) is 11.1 Å². The van der Waals surface area contributed by atoms with Crippen molar-refractivity contribution in [1.29, 1.82) is 0 Å². The van der Waals surface area contributed by atoms with Crippen LogP contribution >= 0.6 is 11.3 Å². The second kappa shape index (κ2) is 8.85. The van der Waals surface area contributed by atoms with Crippen LogP contribution in [-0.4, -0.2) is 29.8 Å². The number of amides is 2. The summed E-state index contributed by atoms with van der Waals surface area (Å²) in [5.74, 6) is -0.0924. The van der Waals surface area contributed by atoms with Crippen molar-refractivity contribution in [3.63, 3.8) is 0 Å². The quantitative estimate of drug-likeness (QED) is 0.653. The molecule has 0 saturated heterocycles. The van der Waals surface area contributed by atoms with E-state index in [9.17, 15) is 9.59 Å². The zero-order valence-electron chi connectivity index (χ0n) is 16.3. The predicted molar refractivity (Wildman–Crippen MR) is 115 cm³/mol. The van der Waals surface area contributed by atoms with Crippen molar-refractivity contribution >= 4 is 23.2 Å². The van der Waals surface area contributed by atoms with E-state index in [1.54, 1.807) is 11.9 Å². The third kappa shape index (κ3) is 4.49. The van der Waals surface area contributed by atoms with Gasteiger partial charge in [0.2, 0.25) is 0 Å². The molecular weight excluding hydrogens is 368 g/mol. The zero-order chi connectivity index (χ0) is 20.1. The average molecular weight is 393 g/mol. The van der Waals surface area contributed by atoms with Crippen LogP contribution in [0.5, 0.6) is 0 Å². The van der Waals surface area contributed by atoms with Crippen LogP contribution in [-0.2, 0) is 6.54 Å². The maximum Gasteiger partial charge on any atom is 0.262 e. The van der Waals surface area contributed by atoms with E-state index in [2.05, 4.69) is 5.32 Å². The van der Waals surface area contributed by atoms with Gasteiger partial charge in [0.1, 0.15) is 0 Å². The van der Waals surface area contributed by atoms with Crippen LogP contribution in [0.2, 0.25) is 0 Å². The summed E-state index contributed by atoms with van der Waals surface area (Å²) in [5, 5.41) is 4.91. The molecule has 0 aliphatic rings. The number of rotatable bonds is 6. The molecule has 2 amide bonds. The van der Waals surface area contributed by atoms with Gasteiger partial charge in [-0.15, -0.1) is 11.3 Å². The number of hydrogen-bond acceptors (Lipinski definition) is 3. The van der Waals surface area contributed by atoms with E-state index in [-0.39, 0.29) is 17.9 Å². The molecule has 28 heavy (non-hydrogen) atoms. The lowest BCUT2D eigenvalue weighted by atomic mass is 10.1. The van der Waals surface area contributed by atoms with E-state index in [4.69, 9.17) is 0 Å². The Balaban J connectivity index is 1.65. The Hall–Kier alpha value is -2.92. The Bertz CT molecular complexity index is 946. The number of nitrogens with one attached hydrogen (secondary N) is 1. The smallest absolute Gasteiger partial charge is 0.262 e. The number of carbonyl (C=O) groups excluding carboxylic acids is 2. The normalized spacial score (nSPS) is 10.7. The molecule has 0 spiro atoms. The minimum Gasteiger partial charge on any atom is -0.347 e. The second-order valence-electron chi connectivity index (χ2n) is 6.92. The maximum atomic E-state index is 12.7.